The molecule has 3 aromatic rings. The van der Waals surface area contributed by atoms with Gasteiger partial charge in [0.05, 0.1) is 37.5 Å². The number of halogens is 2. The zero-order chi connectivity index (χ0) is 27.5. The average Bonchev–Trinajstić information content (AvgIpc) is 2.95. The molecule has 0 saturated carbocycles. The lowest BCUT2D eigenvalue weighted by molar-refractivity contribution is -0.117. The molecule has 0 saturated heterocycles. The molecule has 3 aromatic carbocycles. The van der Waals surface area contributed by atoms with E-state index in [2.05, 4.69) is 21.2 Å². The number of nitrogens with one attached hydrogen (secondary N) is 1. The number of amides is 1. The summed E-state index contributed by atoms with van der Waals surface area (Å²) in [7, 11) is 4.70. The third-order valence-electron chi connectivity index (χ3n) is 5.50. The van der Waals surface area contributed by atoms with Crippen LogP contribution in [0.2, 0.25) is 5.02 Å². The Bertz CT molecular complexity index is 1220. The van der Waals surface area contributed by atoms with Gasteiger partial charge in [0.25, 0.3) is 11.7 Å². The van der Waals surface area contributed by atoms with E-state index in [1.165, 1.54) is 13.2 Å². The molecule has 0 heterocycles. The maximum atomic E-state index is 13.0. The number of carbonyl (C=O) groups is 2. The van der Waals surface area contributed by atoms with E-state index >= 15 is 0 Å². The van der Waals surface area contributed by atoms with E-state index in [4.69, 9.17) is 35.3 Å². The molecule has 0 aromatic heterocycles. The van der Waals surface area contributed by atoms with Gasteiger partial charge in [-0.3, -0.25) is 9.59 Å². The summed E-state index contributed by atoms with van der Waals surface area (Å²) in [5.74, 6) is 0.324. The highest BCUT2D eigenvalue weighted by Crippen LogP contribution is 2.39. The summed E-state index contributed by atoms with van der Waals surface area (Å²) in [6.45, 7) is 0.606. The second-order valence-corrected chi connectivity index (χ2v) is 9.16. The summed E-state index contributed by atoms with van der Waals surface area (Å²) in [4.78, 5) is 25.6. The van der Waals surface area contributed by atoms with E-state index < -0.39 is 11.7 Å². The molecule has 0 fully saturated rings. The van der Waals surface area contributed by atoms with E-state index in [1.54, 1.807) is 20.3 Å². The molecule has 1 N–H and O–H groups in total. The Morgan fingerprint density at radius 1 is 0.842 bits per heavy atom. The van der Waals surface area contributed by atoms with Gasteiger partial charge >= 0.3 is 0 Å². The molecule has 202 valence electrons. The minimum absolute atomic E-state index is 0.00330. The summed E-state index contributed by atoms with van der Waals surface area (Å²) in [6.07, 6.45) is 0. The van der Waals surface area contributed by atoms with E-state index in [-0.39, 0.29) is 42.2 Å². The molecule has 0 aliphatic rings. The number of alkyl halides is 1. The van der Waals surface area contributed by atoms with E-state index in [0.29, 0.717) is 16.8 Å². The monoisotopic (exact) mass is 605 g/mol. The third-order valence-corrected chi connectivity index (χ3v) is 6.65. The van der Waals surface area contributed by atoms with Crippen molar-refractivity contribution >= 4 is 39.2 Å². The minimum atomic E-state index is -0.804. The van der Waals surface area contributed by atoms with Gasteiger partial charge in [0.2, 0.25) is 0 Å². The van der Waals surface area contributed by atoms with Crippen molar-refractivity contribution in [1.29, 1.82) is 0 Å². The van der Waals surface area contributed by atoms with Gasteiger partial charge in [0.1, 0.15) is 24.7 Å². The molecular formula is C28H29BrClNO7. The summed E-state index contributed by atoms with van der Waals surface area (Å²) in [6, 6.07) is 17.4. The highest BCUT2D eigenvalue weighted by atomic mass is 79.9. The van der Waals surface area contributed by atoms with Gasteiger partial charge in [0.15, 0.2) is 11.5 Å². The fourth-order valence-corrected chi connectivity index (χ4v) is 4.07. The predicted molar refractivity (Wildman–Crippen MR) is 148 cm³/mol. The van der Waals surface area contributed by atoms with Crippen LogP contribution in [0.1, 0.15) is 21.5 Å². The van der Waals surface area contributed by atoms with Gasteiger partial charge in [-0.2, -0.15) is 0 Å². The van der Waals surface area contributed by atoms with Crippen molar-refractivity contribution in [2.45, 2.75) is 19.3 Å². The minimum Gasteiger partial charge on any atom is -0.497 e. The molecule has 38 heavy (non-hydrogen) atoms. The van der Waals surface area contributed by atoms with Crippen LogP contribution in [-0.2, 0) is 22.7 Å². The first-order valence-corrected chi connectivity index (χ1v) is 13.1. The van der Waals surface area contributed by atoms with Crippen LogP contribution in [0.4, 0.5) is 0 Å². The summed E-state index contributed by atoms with van der Waals surface area (Å²) >= 11 is 9.94. The summed E-state index contributed by atoms with van der Waals surface area (Å²) in [5, 5.41) is 3.04. The standard InChI is InChI=1S/C28H29BrClNO7/c1-34-17-20(14-29)31-28(33)26(32)23-12-13-24(37-15-18-4-8-21(35-2)9-5-18)27(25(23)30)38-16-19-6-10-22(36-3)11-7-19/h4-13,20H,14-17H2,1-3H3,(H,31,33)/t20-/m0/s1. The van der Waals surface area contributed by atoms with Crippen LogP contribution in [0.3, 0.4) is 0 Å². The number of hydrogen-bond donors (Lipinski definition) is 1. The molecule has 1 atom stereocenters. The van der Waals surface area contributed by atoms with Crippen molar-refractivity contribution < 1.29 is 33.3 Å². The Morgan fingerprint density at radius 3 is 1.89 bits per heavy atom. The van der Waals surface area contributed by atoms with Crippen LogP contribution in [0, 0.1) is 0 Å². The van der Waals surface area contributed by atoms with Gasteiger partial charge in [-0.15, -0.1) is 0 Å². The molecule has 0 aliphatic heterocycles. The molecule has 0 aliphatic carbocycles. The molecule has 10 heteroatoms. The zero-order valence-electron chi connectivity index (χ0n) is 21.3. The number of hydrogen-bond acceptors (Lipinski definition) is 7. The number of carbonyl (C=O) groups excluding carboxylic acids is 2. The van der Waals surface area contributed by atoms with Crippen LogP contribution in [-0.4, -0.2) is 51.0 Å². The van der Waals surface area contributed by atoms with Crippen LogP contribution in [0.15, 0.2) is 60.7 Å². The predicted octanol–water partition coefficient (Wildman–Crippen LogP) is 5.22. The largest absolute Gasteiger partial charge is 0.497 e. The maximum absolute atomic E-state index is 13.0. The molecule has 3 rings (SSSR count). The maximum Gasteiger partial charge on any atom is 0.292 e. The van der Waals surface area contributed by atoms with Gasteiger partial charge < -0.3 is 29.0 Å². The van der Waals surface area contributed by atoms with Crippen molar-refractivity contribution in [3.63, 3.8) is 0 Å². The van der Waals surface area contributed by atoms with Gasteiger partial charge in [-0.1, -0.05) is 51.8 Å². The Labute approximate surface area is 235 Å². The highest BCUT2D eigenvalue weighted by Gasteiger charge is 2.25. The zero-order valence-corrected chi connectivity index (χ0v) is 23.6. The smallest absolute Gasteiger partial charge is 0.292 e. The normalized spacial score (nSPS) is 11.4. The number of Topliss-reactive ketones (excluding diaryl/α,β-unsaturated/α-hetero) is 1. The second-order valence-electron chi connectivity index (χ2n) is 8.14. The van der Waals surface area contributed by atoms with Crippen LogP contribution in [0.25, 0.3) is 0 Å². The average molecular weight is 607 g/mol. The van der Waals surface area contributed by atoms with Crippen molar-refractivity contribution in [2.75, 3.05) is 33.3 Å². The molecule has 0 radical (unpaired) electrons. The molecule has 0 bridgehead atoms. The topological polar surface area (TPSA) is 92.3 Å². The number of methoxy groups -OCH3 is 3. The van der Waals surface area contributed by atoms with Crippen molar-refractivity contribution in [3.8, 4) is 23.0 Å². The first kappa shape index (κ1) is 29.3. The van der Waals surface area contributed by atoms with E-state index in [9.17, 15) is 9.59 Å². The number of ether oxygens (including phenoxy) is 5. The molecular weight excluding hydrogens is 578 g/mol. The molecule has 1 amide bonds. The lowest BCUT2D eigenvalue weighted by Crippen LogP contribution is -2.42. The number of rotatable bonds is 14. The number of ketones is 1. The Kier molecular flexibility index (Phi) is 11.3. The van der Waals surface area contributed by atoms with E-state index in [1.807, 2.05) is 48.5 Å². The fourth-order valence-electron chi connectivity index (χ4n) is 3.42. The highest BCUT2D eigenvalue weighted by molar-refractivity contribution is 9.09. The molecule has 0 spiro atoms. The lowest BCUT2D eigenvalue weighted by Gasteiger charge is -2.18. The second kappa shape index (κ2) is 14.6. The Balaban J connectivity index is 1.85. The van der Waals surface area contributed by atoms with Crippen LogP contribution >= 0.6 is 27.5 Å². The van der Waals surface area contributed by atoms with Gasteiger partial charge in [0, 0.05) is 12.4 Å². The van der Waals surface area contributed by atoms with Crippen LogP contribution < -0.4 is 24.3 Å². The van der Waals surface area contributed by atoms with Crippen LogP contribution in [0.5, 0.6) is 23.0 Å². The van der Waals surface area contributed by atoms with Crippen molar-refractivity contribution in [3.05, 3.63) is 82.4 Å². The number of benzene rings is 3. The van der Waals surface area contributed by atoms with Gasteiger partial charge in [-0.25, -0.2) is 0 Å². The SMILES string of the molecule is COC[C@H](CBr)NC(=O)C(=O)c1ccc(OCc2ccc(OC)cc2)c(OCc2ccc(OC)cc2)c1Cl. The van der Waals surface area contributed by atoms with Gasteiger partial charge in [-0.05, 0) is 47.5 Å². The summed E-state index contributed by atoms with van der Waals surface area (Å²) < 4.78 is 27.5. The summed E-state index contributed by atoms with van der Waals surface area (Å²) in [5.41, 5.74) is 1.73. The van der Waals surface area contributed by atoms with Crippen molar-refractivity contribution in [2.24, 2.45) is 0 Å². The Morgan fingerprint density at radius 2 is 1.39 bits per heavy atom. The molecule has 0 unspecified atom stereocenters. The quantitative estimate of drug-likeness (QED) is 0.153. The fraction of sp³-hybridized carbons (Fsp3) is 0.286. The lowest BCUT2D eigenvalue weighted by atomic mass is 10.1. The Hall–Kier alpha value is -3.27. The first-order chi connectivity index (χ1) is 18.4. The van der Waals surface area contributed by atoms with Crippen molar-refractivity contribution in [1.82, 2.24) is 5.32 Å². The third kappa shape index (κ3) is 7.86. The molecule has 8 nitrogen and oxygen atoms in total. The van der Waals surface area contributed by atoms with E-state index in [0.717, 1.165) is 16.9 Å². The first-order valence-electron chi connectivity index (χ1n) is 11.6.